The minimum absolute atomic E-state index is 0.124. The highest BCUT2D eigenvalue weighted by Crippen LogP contribution is 2.29. The number of hydrogen-bond donors (Lipinski definition) is 1. The summed E-state index contributed by atoms with van der Waals surface area (Å²) in [6.45, 7) is 0. The maximum absolute atomic E-state index is 13.1. The lowest BCUT2D eigenvalue weighted by atomic mass is 9.97. The van der Waals surface area contributed by atoms with E-state index in [0.717, 1.165) is 9.80 Å². The van der Waals surface area contributed by atoms with Crippen LogP contribution in [-0.4, -0.2) is 25.8 Å². The van der Waals surface area contributed by atoms with Gasteiger partial charge in [0.2, 0.25) is 0 Å². The molecule has 0 amide bonds. The molecule has 0 radical (unpaired) electrons. The SMILES string of the molecule is CN(c1ccc2cccc(C(=O)c3ccccc3)c2c1)N(c1ccccc1)S(=O)(=O)O. The van der Waals surface area contributed by atoms with Crippen molar-refractivity contribution in [3.05, 3.63) is 108 Å². The highest BCUT2D eigenvalue weighted by Gasteiger charge is 2.25. The van der Waals surface area contributed by atoms with E-state index in [4.69, 9.17) is 0 Å². The first-order valence-corrected chi connectivity index (χ1v) is 10.9. The van der Waals surface area contributed by atoms with Gasteiger partial charge < -0.3 is 0 Å². The van der Waals surface area contributed by atoms with Crippen LogP contribution in [0.25, 0.3) is 10.8 Å². The molecule has 0 bridgehead atoms. The molecule has 7 heteroatoms. The molecule has 1 N–H and O–H groups in total. The lowest BCUT2D eigenvalue weighted by molar-refractivity contribution is 0.104. The zero-order valence-electron chi connectivity index (χ0n) is 16.7. The maximum atomic E-state index is 13.1. The molecule has 31 heavy (non-hydrogen) atoms. The number of ketones is 1. The third-order valence-corrected chi connectivity index (χ3v) is 5.88. The number of fused-ring (bicyclic) bond motifs is 1. The Morgan fingerprint density at radius 1 is 0.774 bits per heavy atom. The Kier molecular flexibility index (Phi) is 5.46. The van der Waals surface area contributed by atoms with E-state index in [-0.39, 0.29) is 11.5 Å². The van der Waals surface area contributed by atoms with Crippen molar-refractivity contribution in [2.24, 2.45) is 0 Å². The van der Waals surface area contributed by atoms with E-state index in [1.807, 2.05) is 24.3 Å². The molecule has 0 aromatic heterocycles. The first-order chi connectivity index (χ1) is 14.9. The van der Waals surface area contributed by atoms with E-state index < -0.39 is 10.3 Å². The second-order valence-corrected chi connectivity index (χ2v) is 8.23. The minimum atomic E-state index is -4.60. The summed E-state index contributed by atoms with van der Waals surface area (Å²) in [5, 5.41) is 2.86. The Morgan fingerprint density at radius 3 is 2.06 bits per heavy atom. The Morgan fingerprint density at radius 2 is 1.42 bits per heavy atom. The van der Waals surface area contributed by atoms with Crippen LogP contribution in [0.3, 0.4) is 0 Å². The fraction of sp³-hybridized carbons (Fsp3) is 0.0417. The van der Waals surface area contributed by atoms with E-state index >= 15 is 0 Å². The van der Waals surface area contributed by atoms with Gasteiger partial charge in [-0.05, 0) is 35.0 Å². The fourth-order valence-electron chi connectivity index (χ4n) is 3.53. The first-order valence-electron chi connectivity index (χ1n) is 9.55. The fourth-order valence-corrected chi connectivity index (χ4v) is 4.32. The van der Waals surface area contributed by atoms with Crippen LogP contribution in [-0.2, 0) is 10.3 Å². The summed E-state index contributed by atoms with van der Waals surface area (Å²) in [5.41, 5.74) is 1.85. The predicted molar refractivity (Wildman–Crippen MR) is 123 cm³/mol. The molecule has 4 rings (SSSR count). The van der Waals surface area contributed by atoms with Crippen LogP contribution in [0.5, 0.6) is 0 Å². The largest absolute Gasteiger partial charge is 0.377 e. The topological polar surface area (TPSA) is 77.9 Å². The monoisotopic (exact) mass is 432 g/mol. The van der Waals surface area contributed by atoms with Crippen LogP contribution < -0.4 is 9.42 Å². The van der Waals surface area contributed by atoms with Gasteiger partial charge in [0, 0.05) is 18.2 Å². The average molecular weight is 433 g/mol. The molecular weight excluding hydrogens is 412 g/mol. The third kappa shape index (κ3) is 4.14. The second kappa shape index (κ2) is 8.22. The highest BCUT2D eigenvalue weighted by atomic mass is 32.2. The molecule has 4 aromatic rings. The third-order valence-electron chi connectivity index (χ3n) is 4.99. The van der Waals surface area contributed by atoms with Crippen molar-refractivity contribution in [3.8, 4) is 0 Å². The van der Waals surface area contributed by atoms with Crippen molar-refractivity contribution in [2.45, 2.75) is 0 Å². The van der Waals surface area contributed by atoms with Gasteiger partial charge in [0.05, 0.1) is 11.4 Å². The molecule has 6 nitrogen and oxygen atoms in total. The normalized spacial score (nSPS) is 11.3. The summed E-state index contributed by atoms with van der Waals surface area (Å²) in [6.07, 6.45) is 0. The first kappa shape index (κ1) is 20.6. The maximum Gasteiger partial charge on any atom is 0.377 e. The number of nitrogens with zero attached hydrogens (tertiary/aromatic N) is 2. The molecule has 0 atom stereocenters. The van der Waals surface area contributed by atoms with Crippen LogP contribution in [0.2, 0.25) is 0 Å². The molecule has 0 heterocycles. The summed E-state index contributed by atoms with van der Waals surface area (Å²) < 4.78 is 35.0. The van der Waals surface area contributed by atoms with E-state index in [9.17, 15) is 17.8 Å². The zero-order chi connectivity index (χ0) is 22.0. The summed E-state index contributed by atoms with van der Waals surface area (Å²) in [7, 11) is -3.06. The van der Waals surface area contributed by atoms with Gasteiger partial charge in [0.15, 0.2) is 5.78 Å². The zero-order valence-corrected chi connectivity index (χ0v) is 17.5. The Labute approximate surface area is 180 Å². The van der Waals surface area contributed by atoms with Gasteiger partial charge in [-0.15, -0.1) is 0 Å². The Hall–Kier alpha value is -3.68. The van der Waals surface area contributed by atoms with Gasteiger partial charge in [-0.1, -0.05) is 72.8 Å². The van der Waals surface area contributed by atoms with E-state index in [2.05, 4.69) is 0 Å². The summed E-state index contributed by atoms with van der Waals surface area (Å²) in [6, 6.07) is 28.0. The van der Waals surface area contributed by atoms with Crippen LogP contribution >= 0.6 is 0 Å². The van der Waals surface area contributed by atoms with E-state index in [1.54, 1.807) is 72.8 Å². The van der Waals surface area contributed by atoms with Gasteiger partial charge in [0.1, 0.15) is 0 Å². The number of anilines is 2. The van der Waals surface area contributed by atoms with Crippen molar-refractivity contribution in [2.75, 3.05) is 16.5 Å². The lowest BCUT2D eigenvalue weighted by Crippen LogP contribution is -2.44. The van der Waals surface area contributed by atoms with Gasteiger partial charge in [-0.2, -0.15) is 12.8 Å². The molecule has 0 aliphatic rings. The number of carbonyl (C=O) groups is 1. The molecule has 0 aliphatic carbocycles. The second-order valence-electron chi connectivity index (χ2n) is 6.99. The van der Waals surface area contributed by atoms with E-state index in [0.29, 0.717) is 22.2 Å². The molecular formula is C24H20N2O4S. The molecule has 0 unspecified atom stereocenters. The molecule has 0 saturated carbocycles. The highest BCUT2D eigenvalue weighted by molar-refractivity contribution is 7.87. The van der Waals surface area contributed by atoms with Crippen molar-refractivity contribution in [3.63, 3.8) is 0 Å². The number of benzene rings is 4. The van der Waals surface area contributed by atoms with Gasteiger partial charge in [-0.25, -0.2) is 0 Å². The van der Waals surface area contributed by atoms with Crippen LogP contribution in [0.15, 0.2) is 97.1 Å². The molecule has 156 valence electrons. The Bertz CT molecular complexity index is 1340. The Balaban J connectivity index is 1.82. The van der Waals surface area contributed by atoms with Gasteiger partial charge >= 0.3 is 10.3 Å². The molecule has 0 fully saturated rings. The molecule has 0 spiro atoms. The number of rotatable bonds is 6. The van der Waals surface area contributed by atoms with Crippen LogP contribution in [0.1, 0.15) is 15.9 Å². The standard InChI is InChI=1S/C24H20N2O4S/c1-25(26(31(28,29)30)20-12-6-3-7-13-20)21-16-15-18-11-8-14-22(23(18)17-21)24(27)19-9-4-2-5-10-19/h2-17H,1H3,(H,28,29,30). The van der Waals surface area contributed by atoms with Crippen molar-refractivity contribution in [1.82, 2.24) is 0 Å². The molecule has 0 saturated heterocycles. The summed E-state index contributed by atoms with van der Waals surface area (Å²) in [4.78, 5) is 13.1. The lowest BCUT2D eigenvalue weighted by Gasteiger charge is -2.32. The quantitative estimate of drug-likeness (QED) is 0.271. The van der Waals surface area contributed by atoms with Crippen molar-refractivity contribution < 1.29 is 17.8 Å². The minimum Gasteiger partial charge on any atom is -0.289 e. The predicted octanol–water partition coefficient (Wildman–Crippen LogP) is 4.73. The van der Waals surface area contributed by atoms with E-state index in [1.165, 1.54) is 12.1 Å². The molecule has 0 aliphatic heterocycles. The number of carbonyl (C=O) groups excluding carboxylic acids is 1. The van der Waals surface area contributed by atoms with Crippen LogP contribution in [0, 0.1) is 0 Å². The average Bonchev–Trinajstić information content (AvgIpc) is 2.78. The number of hydrogen-bond acceptors (Lipinski definition) is 4. The van der Waals surface area contributed by atoms with Crippen molar-refractivity contribution >= 4 is 38.2 Å². The van der Waals surface area contributed by atoms with Crippen LogP contribution in [0.4, 0.5) is 11.4 Å². The number of hydrazine groups is 1. The number of para-hydroxylation sites is 1. The summed E-state index contributed by atoms with van der Waals surface area (Å²) >= 11 is 0. The van der Waals surface area contributed by atoms with Gasteiger partial charge in [0.25, 0.3) is 0 Å². The summed E-state index contributed by atoms with van der Waals surface area (Å²) in [5.74, 6) is -0.124. The van der Waals surface area contributed by atoms with Gasteiger partial charge in [-0.3, -0.25) is 14.4 Å². The molecule has 4 aromatic carbocycles. The van der Waals surface area contributed by atoms with Crippen molar-refractivity contribution in [1.29, 1.82) is 0 Å². The smallest absolute Gasteiger partial charge is 0.289 e.